The number of alkyl halides is 2. The Morgan fingerprint density at radius 3 is 2.20 bits per heavy atom. The van der Waals surface area contributed by atoms with Gasteiger partial charge in [-0.25, -0.2) is 17.6 Å². The van der Waals surface area contributed by atoms with Crippen LogP contribution in [0.15, 0.2) is 12.1 Å². The maximum absolute atomic E-state index is 13.1. The summed E-state index contributed by atoms with van der Waals surface area (Å²) in [6, 6.07) is -0.273. The van der Waals surface area contributed by atoms with Gasteiger partial charge in [0.1, 0.15) is 11.6 Å². The van der Waals surface area contributed by atoms with Crippen molar-refractivity contribution in [3.63, 3.8) is 0 Å². The van der Waals surface area contributed by atoms with E-state index in [1.54, 1.807) is 0 Å². The Balaban J connectivity index is 0.00000196. The van der Waals surface area contributed by atoms with E-state index in [0.29, 0.717) is 0 Å². The molecule has 1 rings (SSSR count). The Morgan fingerprint density at radius 1 is 1.20 bits per heavy atom. The van der Waals surface area contributed by atoms with Crippen LogP contribution < -0.4 is 5.73 Å². The Kier molecular flexibility index (Phi) is 5.34. The molecule has 0 saturated carbocycles. The van der Waals surface area contributed by atoms with E-state index in [-0.39, 0.29) is 12.4 Å². The van der Waals surface area contributed by atoms with Gasteiger partial charge in [0, 0.05) is 5.56 Å². The number of hydrogen-bond donors (Lipinski definition) is 1. The van der Waals surface area contributed by atoms with Crippen molar-refractivity contribution in [1.29, 1.82) is 0 Å². The molecule has 1 aromatic carbocycles. The molecule has 0 bridgehead atoms. The third-order valence-electron chi connectivity index (χ3n) is 1.68. The fourth-order valence-electron chi connectivity index (χ4n) is 0.974. The van der Waals surface area contributed by atoms with Crippen LogP contribution >= 0.6 is 24.0 Å². The molecular formula is C8H7Cl2F4N. The zero-order chi connectivity index (χ0) is 10.9. The molecule has 0 aromatic heterocycles. The summed E-state index contributed by atoms with van der Waals surface area (Å²) in [7, 11) is 0. The normalized spacial score (nSPS) is 12.5. The zero-order valence-corrected chi connectivity index (χ0v) is 8.76. The highest BCUT2D eigenvalue weighted by atomic mass is 35.5. The summed E-state index contributed by atoms with van der Waals surface area (Å²) in [5.41, 5.74) is 4.04. The van der Waals surface area contributed by atoms with Crippen LogP contribution in [-0.2, 0) is 0 Å². The van der Waals surface area contributed by atoms with Crippen LogP contribution in [-0.4, -0.2) is 6.43 Å². The number of halogens is 6. The quantitative estimate of drug-likeness (QED) is 0.643. The van der Waals surface area contributed by atoms with Crippen LogP contribution in [0.4, 0.5) is 17.6 Å². The van der Waals surface area contributed by atoms with E-state index in [9.17, 15) is 17.6 Å². The molecule has 15 heavy (non-hydrogen) atoms. The molecule has 0 aliphatic carbocycles. The minimum Gasteiger partial charge on any atom is -0.319 e. The maximum Gasteiger partial charge on any atom is 0.257 e. The molecule has 1 atom stereocenters. The van der Waals surface area contributed by atoms with Crippen molar-refractivity contribution in [2.45, 2.75) is 12.5 Å². The average Bonchev–Trinajstić information content (AvgIpc) is 2.12. The fourth-order valence-corrected chi connectivity index (χ4v) is 1.14. The van der Waals surface area contributed by atoms with Crippen molar-refractivity contribution in [3.8, 4) is 0 Å². The van der Waals surface area contributed by atoms with Crippen molar-refractivity contribution >= 4 is 24.0 Å². The molecule has 0 saturated heterocycles. The fraction of sp³-hybridized carbons (Fsp3) is 0.250. The lowest BCUT2D eigenvalue weighted by Crippen LogP contribution is -2.21. The third kappa shape index (κ3) is 2.96. The maximum atomic E-state index is 13.1. The summed E-state index contributed by atoms with van der Waals surface area (Å²) in [6.07, 6.45) is -3.04. The van der Waals surface area contributed by atoms with E-state index in [4.69, 9.17) is 17.3 Å². The van der Waals surface area contributed by atoms with Gasteiger partial charge in [-0.05, 0) is 12.1 Å². The molecule has 2 N–H and O–H groups in total. The molecule has 0 heterocycles. The van der Waals surface area contributed by atoms with E-state index in [0.717, 1.165) is 12.1 Å². The van der Waals surface area contributed by atoms with Crippen LogP contribution in [0.5, 0.6) is 0 Å². The lowest BCUT2D eigenvalue weighted by atomic mass is 10.1. The molecule has 0 spiro atoms. The van der Waals surface area contributed by atoms with Gasteiger partial charge in [0.05, 0.1) is 11.1 Å². The molecule has 86 valence electrons. The molecule has 0 amide bonds. The van der Waals surface area contributed by atoms with Gasteiger partial charge in [0.25, 0.3) is 6.43 Å². The highest BCUT2D eigenvalue weighted by molar-refractivity contribution is 6.30. The standard InChI is InChI=1S/C8H6ClF4N.ClH/c9-3-1-2-4(10)5(6(3)11)7(14)8(12)13;/h1-2,7-8H,14H2;1H/t7-;/m1./s1. The van der Waals surface area contributed by atoms with Crippen LogP contribution in [0.3, 0.4) is 0 Å². The summed E-state index contributed by atoms with van der Waals surface area (Å²) >= 11 is 5.29. The first-order chi connectivity index (χ1) is 6.45. The Hall–Kier alpha value is -0.520. The second-order valence-corrected chi connectivity index (χ2v) is 3.02. The Bertz CT molecular complexity index is 346. The predicted molar refractivity (Wildman–Crippen MR) is 51.5 cm³/mol. The van der Waals surface area contributed by atoms with Crippen LogP contribution in [0, 0.1) is 11.6 Å². The minimum absolute atomic E-state index is 0. The lowest BCUT2D eigenvalue weighted by Gasteiger charge is -2.13. The van der Waals surface area contributed by atoms with Crippen molar-refractivity contribution in [1.82, 2.24) is 0 Å². The minimum atomic E-state index is -3.04. The number of benzene rings is 1. The van der Waals surface area contributed by atoms with Crippen molar-refractivity contribution < 1.29 is 17.6 Å². The van der Waals surface area contributed by atoms with Gasteiger partial charge in [-0.2, -0.15) is 0 Å². The molecule has 0 aliphatic rings. The van der Waals surface area contributed by atoms with Crippen molar-refractivity contribution in [3.05, 3.63) is 34.4 Å². The number of rotatable bonds is 2. The van der Waals surface area contributed by atoms with Gasteiger partial charge >= 0.3 is 0 Å². The van der Waals surface area contributed by atoms with Crippen molar-refractivity contribution in [2.75, 3.05) is 0 Å². The van der Waals surface area contributed by atoms with E-state index in [2.05, 4.69) is 0 Å². The van der Waals surface area contributed by atoms with Gasteiger partial charge in [-0.1, -0.05) is 11.6 Å². The van der Waals surface area contributed by atoms with Gasteiger partial charge in [-0.15, -0.1) is 12.4 Å². The van der Waals surface area contributed by atoms with Crippen molar-refractivity contribution in [2.24, 2.45) is 5.73 Å². The number of nitrogens with two attached hydrogens (primary N) is 1. The monoisotopic (exact) mass is 263 g/mol. The Labute approximate surface area is 94.6 Å². The molecule has 0 aliphatic heterocycles. The summed E-state index contributed by atoms with van der Waals surface area (Å²) < 4.78 is 50.2. The molecule has 1 nitrogen and oxygen atoms in total. The Morgan fingerprint density at radius 2 is 1.73 bits per heavy atom. The van der Waals surface area contributed by atoms with Crippen LogP contribution in [0.2, 0.25) is 5.02 Å². The van der Waals surface area contributed by atoms with Gasteiger partial charge in [-0.3, -0.25) is 0 Å². The highest BCUT2D eigenvalue weighted by Crippen LogP contribution is 2.28. The zero-order valence-electron chi connectivity index (χ0n) is 7.18. The van der Waals surface area contributed by atoms with Crippen LogP contribution in [0.1, 0.15) is 11.6 Å². The number of hydrogen-bond acceptors (Lipinski definition) is 1. The molecule has 0 fully saturated rings. The summed E-state index contributed by atoms with van der Waals surface area (Å²) in [5.74, 6) is -2.36. The summed E-state index contributed by atoms with van der Waals surface area (Å²) in [4.78, 5) is 0. The third-order valence-corrected chi connectivity index (χ3v) is 1.98. The van der Waals surface area contributed by atoms with E-state index in [1.165, 1.54) is 0 Å². The summed E-state index contributed by atoms with van der Waals surface area (Å²) in [5, 5.41) is -0.433. The molecular weight excluding hydrogens is 257 g/mol. The highest BCUT2D eigenvalue weighted by Gasteiger charge is 2.25. The van der Waals surface area contributed by atoms with Gasteiger partial charge < -0.3 is 5.73 Å². The summed E-state index contributed by atoms with van der Waals surface area (Å²) in [6.45, 7) is 0. The SMILES string of the molecule is Cl.N[C@H](c1c(F)ccc(Cl)c1F)C(F)F. The first kappa shape index (κ1) is 14.5. The first-order valence-electron chi connectivity index (χ1n) is 3.62. The van der Waals surface area contributed by atoms with Crippen LogP contribution in [0.25, 0.3) is 0 Å². The predicted octanol–water partition coefficient (Wildman–Crippen LogP) is 3.30. The molecule has 0 radical (unpaired) electrons. The largest absolute Gasteiger partial charge is 0.319 e. The van der Waals surface area contributed by atoms with Gasteiger partial charge in [0.15, 0.2) is 0 Å². The first-order valence-corrected chi connectivity index (χ1v) is 4.00. The topological polar surface area (TPSA) is 26.0 Å². The molecule has 1 aromatic rings. The second kappa shape index (κ2) is 5.53. The van der Waals surface area contributed by atoms with E-state index < -0.39 is 34.7 Å². The van der Waals surface area contributed by atoms with E-state index >= 15 is 0 Å². The smallest absolute Gasteiger partial charge is 0.257 e. The van der Waals surface area contributed by atoms with Gasteiger partial charge in [0.2, 0.25) is 0 Å². The second-order valence-electron chi connectivity index (χ2n) is 2.62. The van der Waals surface area contributed by atoms with E-state index in [1.807, 2.05) is 0 Å². The lowest BCUT2D eigenvalue weighted by molar-refractivity contribution is 0.113. The molecule has 0 unspecified atom stereocenters. The molecule has 7 heteroatoms. The average molecular weight is 264 g/mol.